The summed E-state index contributed by atoms with van der Waals surface area (Å²) < 4.78 is 91.8. The maximum Gasteiger partial charge on any atom is 0.392 e. The van der Waals surface area contributed by atoms with Gasteiger partial charge in [0.1, 0.15) is 0 Å². The molecule has 0 spiro atoms. The minimum atomic E-state index is -5.25. The molecule has 1 aromatic carbocycles. The molecule has 0 bridgehead atoms. The third-order valence-corrected chi connectivity index (χ3v) is 3.66. The van der Waals surface area contributed by atoms with Gasteiger partial charge in [-0.3, -0.25) is 13.9 Å². The van der Waals surface area contributed by atoms with Crippen molar-refractivity contribution in [3.05, 3.63) is 30.3 Å². The molecule has 25 heavy (non-hydrogen) atoms. The Hall–Kier alpha value is -1.58. The van der Waals surface area contributed by atoms with Crippen molar-refractivity contribution in [1.82, 2.24) is 0 Å². The lowest BCUT2D eigenvalue weighted by Gasteiger charge is -2.35. The molecule has 0 fully saturated rings. The maximum atomic E-state index is 12.8. The van der Waals surface area contributed by atoms with Crippen LogP contribution < -0.4 is 4.90 Å². The second-order valence-electron chi connectivity index (χ2n) is 5.15. The van der Waals surface area contributed by atoms with E-state index < -0.39 is 45.0 Å². The molecule has 1 aromatic rings. The van der Waals surface area contributed by atoms with Gasteiger partial charge in [-0.15, -0.1) is 0 Å². The lowest BCUT2D eigenvalue weighted by Crippen LogP contribution is -2.53. The molecule has 0 aromatic heterocycles. The van der Waals surface area contributed by atoms with Crippen molar-refractivity contribution in [2.24, 2.45) is 0 Å². The number of carbonyl (C=O) groups is 1. The highest BCUT2D eigenvalue weighted by atomic mass is 31.1. The molecule has 1 rings (SSSR count). The summed E-state index contributed by atoms with van der Waals surface area (Å²) in [4.78, 5) is 21.7. The molecule has 0 aliphatic carbocycles. The average molecular weight is 393 g/mol. The summed E-state index contributed by atoms with van der Waals surface area (Å²) in [5.74, 6) is -1.74. The van der Waals surface area contributed by atoms with Crippen LogP contribution in [0.15, 0.2) is 30.3 Å². The average Bonchev–Trinajstić information content (AvgIpc) is 2.42. The van der Waals surface area contributed by atoms with Gasteiger partial charge in [0.2, 0.25) is 0 Å². The number of nitrogens with zero attached hydrogens (tertiary/aromatic N) is 1. The smallest absolute Gasteiger partial charge is 0.326 e. The summed E-state index contributed by atoms with van der Waals surface area (Å²) in [6.07, 6.45) is -15.2. The first-order valence-electron chi connectivity index (χ1n) is 6.64. The van der Waals surface area contributed by atoms with E-state index in [1.54, 1.807) is 0 Å². The van der Waals surface area contributed by atoms with Crippen LogP contribution in [0.5, 0.6) is 0 Å². The van der Waals surface area contributed by atoms with E-state index in [4.69, 9.17) is 4.89 Å². The molecule has 142 valence electrons. The maximum absolute atomic E-state index is 12.8. The van der Waals surface area contributed by atoms with Crippen LogP contribution >= 0.6 is 8.25 Å². The number of hydrogen-bond acceptors (Lipinski definition) is 3. The van der Waals surface area contributed by atoms with Crippen molar-refractivity contribution in [1.29, 1.82) is 0 Å². The fraction of sp³-hybridized carbons (Fsp3) is 0.462. The van der Waals surface area contributed by atoms with Gasteiger partial charge in [0.25, 0.3) is 5.91 Å². The number of rotatable bonds is 6. The van der Waals surface area contributed by atoms with Gasteiger partial charge in [-0.25, -0.2) is 0 Å². The summed E-state index contributed by atoms with van der Waals surface area (Å²) in [5, 5.41) is 0. The van der Waals surface area contributed by atoms with Crippen LogP contribution in [0, 0.1) is 0 Å². The number of alkyl halides is 6. The highest BCUT2D eigenvalue weighted by molar-refractivity contribution is 7.32. The Morgan fingerprint density at radius 1 is 1.08 bits per heavy atom. The summed E-state index contributed by atoms with van der Waals surface area (Å²) in [6, 6.07) is 6.87. The monoisotopic (exact) mass is 393 g/mol. The zero-order chi connectivity index (χ0) is 19.5. The Kier molecular flexibility index (Phi) is 6.66. The molecule has 0 saturated heterocycles. The van der Waals surface area contributed by atoms with Gasteiger partial charge in [0.05, 0.1) is 12.8 Å². The zero-order valence-electron chi connectivity index (χ0n) is 12.7. The standard InChI is InChI=1S/C13H14F6NO4P/c1-20(9-5-3-2-4-6-9)10(21)11(24-25(22)23,7-12(14,15)16)8-13(17,18)19/h2-6,25H,7-8H2,1H3,(H,22,23). The van der Waals surface area contributed by atoms with Crippen molar-refractivity contribution in [3.8, 4) is 0 Å². The van der Waals surface area contributed by atoms with Crippen LogP contribution in [-0.2, 0) is 13.9 Å². The summed E-state index contributed by atoms with van der Waals surface area (Å²) in [7, 11) is -3.35. The number of halogens is 6. The number of likely N-dealkylation sites (N-methyl/N-ethyl adjacent to an activating group) is 1. The summed E-state index contributed by atoms with van der Waals surface area (Å²) >= 11 is 0. The van der Waals surface area contributed by atoms with E-state index in [1.165, 1.54) is 30.3 Å². The zero-order valence-corrected chi connectivity index (χ0v) is 13.7. The first-order chi connectivity index (χ1) is 11.3. The quantitative estimate of drug-likeness (QED) is 0.592. The minimum Gasteiger partial charge on any atom is -0.326 e. The highest BCUT2D eigenvalue weighted by Crippen LogP contribution is 2.44. The van der Waals surface area contributed by atoms with Gasteiger partial charge in [-0.1, -0.05) is 18.2 Å². The predicted octanol–water partition coefficient (Wildman–Crippen LogP) is 3.69. The normalized spacial score (nSPS) is 14.2. The number of benzene rings is 1. The van der Waals surface area contributed by atoms with Crippen molar-refractivity contribution >= 4 is 19.8 Å². The number of amides is 1. The number of para-hydroxylation sites is 1. The first-order valence-corrected chi connectivity index (χ1v) is 7.91. The van der Waals surface area contributed by atoms with Gasteiger partial charge >= 0.3 is 20.6 Å². The molecule has 1 unspecified atom stereocenters. The van der Waals surface area contributed by atoms with E-state index in [1.807, 2.05) is 0 Å². The van der Waals surface area contributed by atoms with Crippen LogP contribution in [0.1, 0.15) is 12.8 Å². The van der Waals surface area contributed by atoms with Gasteiger partial charge in [-0.05, 0) is 12.1 Å². The van der Waals surface area contributed by atoms with Crippen LogP contribution in [0.4, 0.5) is 32.0 Å². The Morgan fingerprint density at radius 2 is 1.52 bits per heavy atom. The third kappa shape index (κ3) is 6.68. The molecule has 0 aliphatic rings. The first kappa shape index (κ1) is 21.5. The molecule has 1 amide bonds. The molecule has 5 nitrogen and oxygen atoms in total. The second kappa shape index (κ2) is 7.76. The topological polar surface area (TPSA) is 66.8 Å². The summed E-state index contributed by atoms with van der Waals surface area (Å²) in [5.41, 5.74) is -3.62. The Labute approximate surface area is 139 Å². The van der Waals surface area contributed by atoms with Gasteiger partial charge in [0.15, 0.2) is 5.60 Å². The number of hydrogen-bond donors (Lipinski definition) is 1. The predicted molar refractivity (Wildman–Crippen MR) is 76.2 cm³/mol. The van der Waals surface area contributed by atoms with E-state index in [2.05, 4.69) is 4.52 Å². The largest absolute Gasteiger partial charge is 0.392 e. The highest BCUT2D eigenvalue weighted by Gasteiger charge is 2.56. The molecule has 0 saturated carbocycles. The van der Waals surface area contributed by atoms with Crippen molar-refractivity contribution in [3.63, 3.8) is 0 Å². The fourth-order valence-corrected chi connectivity index (χ4v) is 2.78. The van der Waals surface area contributed by atoms with E-state index >= 15 is 0 Å². The summed E-state index contributed by atoms with van der Waals surface area (Å²) in [6.45, 7) is 0. The van der Waals surface area contributed by atoms with Crippen LogP contribution in [0.2, 0.25) is 0 Å². The van der Waals surface area contributed by atoms with Gasteiger partial charge in [-0.2, -0.15) is 26.3 Å². The van der Waals surface area contributed by atoms with Crippen LogP contribution in [0.3, 0.4) is 0 Å². The van der Waals surface area contributed by atoms with E-state index in [0.717, 1.165) is 7.05 Å². The van der Waals surface area contributed by atoms with Crippen molar-refractivity contribution in [2.75, 3.05) is 11.9 Å². The van der Waals surface area contributed by atoms with Crippen molar-refractivity contribution < 1.29 is 45.1 Å². The molecule has 12 heteroatoms. The molecule has 0 heterocycles. The molecule has 0 radical (unpaired) electrons. The lowest BCUT2D eigenvalue weighted by atomic mass is 9.92. The molecule has 1 N–H and O–H groups in total. The molecule has 0 aliphatic heterocycles. The van der Waals surface area contributed by atoms with Gasteiger partial charge < -0.3 is 9.79 Å². The number of anilines is 1. The van der Waals surface area contributed by atoms with Crippen LogP contribution in [-0.4, -0.2) is 35.8 Å². The molecular formula is C13H14F6NO4P. The van der Waals surface area contributed by atoms with Crippen molar-refractivity contribution in [2.45, 2.75) is 30.8 Å². The Morgan fingerprint density at radius 3 is 1.88 bits per heavy atom. The Bertz CT molecular complexity index is 603. The second-order valence-corrected chi connectivity index (χ2v) is 5.88. The van der Waals surface area contributed by atoms with Crippen LogP contribution in [0.25, 0.3) is 0 Å². The number of carbonyl (C=O) groups excluding carboxylic acids is 1. The molecular weight excluding hydrogens is 379 g/mol. The minimum absolute atomic E-state index is 0.0116. The van der Waals surface area contributed by atoms with E-state index in [0.29, 0.717) is 4.90 Å². The Balaban J connectivity index is 3.39. The van der Waals surface area contributed by atoms with E-state index in [9.17, 15) is 35.7 Å². The lowest BCUT2D eigenvalue weighted by molar-refractivity contribution is -0.210. The SMILES string of the molecule is CN(C(=O)C(CC(F)(F)F)(CC(F)(F)F)O[PH](=O)O)c1ccccc1. The van der Waals surface area contributed by atoms with Gasteiger partial charge in [0, 0.05) is 12.7 Å². The molecule has 1 atom stereocenters. The third-order valence-electron chi connectivity index (χ3n) is 3.09. The van der Waals surface area contributed by atoms with E-state index in [-0.39, 0.29) is 5.69 Å². The fourth-order valence-electron chi connectivity index (χ4n) is 2.22.